The second-order valence-electron chi connectivity index (χ2n) is 2.39. The van der Waals surface area contributed by atoms with Gasteiger partial charge in [0.1, 0.15) is 0 Å². The van der Waals surface area contributed by atoms with E-state index in [1.54, 1.807) is 0 Å². The van der Waals surface area contributed by atoms with Gasteiger partial charge in [-0.2, -0.15) is 0 Å². The molecule has 0 spiro atoms. The molecule has 1 aromatic rings. The quantitative estimate of drug-likeness (QED) is 0.632. The van der Waals surface area contributed by atoms with Crippen LogP contribution in [0.5, 0.6) is 0 Å². The number of aromatic nitrogens is 1. The van der Waals surface area contributed by atoms with Gasteiger partial charge in [0.25, 0.3) is 0 Å². The fourth-order valence-electron chi connectivity index (χ4n) is 0.880. The van der Waals surface area contributed by atoms with Gasteiger partial charge < -0.3 is 4.98 Å². The maximum absolute atomic E-state index is 5.13. The van der Waals surface area contributed by atoms with Crippen molar-refractivity contribution in [2.75, 3.05) is 0 Å². The van der Waals surface area contributed by atoms with Gasteiger partial charge in [0.15, 0.2) is 0 Å². The molecule has 0 aliphatic carbocycles. The summed E-state index contributed by atoms with van der Waals surface area (Å²) in [6.07, 6.45) is 5.82. The molecule has 0 unspecified atom stereocenters. The van der Waals surface area contributed by atoms with Crippen LogP contribution in [-0.2, 0) is 0 Å². The van der Waals surface area contributed by atoms with Crippen LogP contribution in [0.1, 0.15) is 19.4 Å². The zero-order chi connectivity index (χ0) is 8.27. The van der Waals surface area contributed by atoms with Crippen LogP contribution in [0.4, 0.5) is 0 Å². The summed E-state index contributed by atoms with van der Waals surface area (Å²) in [5.74, 6) is 0. The molecule has 2 heteroatoms. The van der Waals surface area contributed by atoms with E-state index in [4.69, 9.17) is 12.2 Å². The standard InChI is InChI=1S/C9H11NS/c1-3-7(2)8-6-10-5-4-9(8)11/h3-6H,1-2H3,(H,10,11)/b7-3-. The highest BCUT2D eigenvalue weighted by atomic mass is 32.1. The lowest BCUT2D eigenvalue weighted by Gasteiger charge is -1.98. The van der Waals surface area contributed by atoms with Crippen LogP contribution in [0.3, 0.4) is 0 Å². The van der Waals surface area contributed by atoms with Crippen molar-refractivity contribution in [3.05, 3.63) is 34.6 Å². The van der Waals surface area contributed by atoms with Crippen molar-refractivity contribution in [1.29, 1.82) is 0 Å². The van der Waals surface area contributed by atoms with E-state index >= 15 is 0 Å². The minimum Gasteiger partial charge on any atom is -0.367 e. The Morgan fingerprint density at radius 1 is 1.64 bits per heavy atom. The van der Waals surface area contributed by atoms with E-state index < -0.39 is 0 Å². The van der Waals surface area contributed by atoms with Gasteiger partial charge in [-0.05, 0) is 25.5 Å². The zero-order valence-electron chi connectivity index (χ0n) is 6.72. The van der Waals surface area contributed by atoms with Gasteiger partial charge >= 0.3 is 0 Å². The number of hydrogen-bond acceptors (Lipinski definition) is 1. The van der Waals surface area contributed by atoms with E-state index in [0.717, 1.165) is 10.1 Å². The van der Waals surface area contributed by atoms with Crippen LogP contribution in [0, 0.1) is 4.51 Å². The molecule has 1 heterocycles. The van der Waals surface area contributed by atoms with Crippen LogP contribution >= 0.6 is 12.2 Å². The third kappa shape index (κ3) is 1.77. The van der Waals surface area contributed by atoms with Gasteiger partial charge in [-0.3, -0.25) is 0 Å². The average Bonchev–Trinajstić information content (AvgIpc) is 2.04. The van der Waals surface area contributed by atoms with Crippen LogP contribution in [0.25, 0.3) is 5.57 Å². The monoisotopic (exact) mass is 165 g/mol. The van der Waals surface area contributed by atoms with Crippen molar-refractivity contribution in [3.63, 3.8) is 0 Å². The van der Waals surface area contributed by atoms with E-state index in [9.17, 15) is 0 Å². The van der Waals surface area contributed by atoms with Crippen molar-refractivity contribution in [2.24, 2.45) is 0 Å². The Morgan fingerprint density at radius 2 is 2.36 bits per heavy atom. The molecule has 0 fully saturated rings. The maximum Gasteiger partial charge on any atom is 0.0481 e. The van der Waals surface area contributed by atoms with E-state index in [1.807, 2.05) is 25.4 Å². The van der Waals surface area contributed by atoms with E-state index in [2.05, 4.69) is 18.0 Å². The summed E-state index contributed by atoms with van der Waals surface area (Å²) < 4.78 is 0.902. The third-order valence-electron chi connectivity index (χ3n) is 1.68. The SMILES string of the molecule is C/C=C(/C)c1c[nH]ccc1=S. The van der Waals surface area contributed by atoms with Crippen LogP contribution < -0.4 is 0 Å². The molecule has 1 rings (SSSR count). The number of allylic oxidation sites excluding steroid dienone is 2. The maximum atomic E-state index is 5.13. The summed E-state index contributed by atoms with van der Waals surface area (Å²) in [7, 11) is 0. The molecule has 0 aliphatic rings. The van der Waals surface area contributed by atoms with E-state index in [-0.39, 0.29) is 0 Å². The zero-order valence-corrected chi connectivity index (χ0v) is 7.53. The number of H-pyrrole nitrogens is 1. The average molecular weight is 165 g/mol. The summed E-state index contributed by atoms with van der Waals surface area (Å²) in [4.78, 5) is 3.01. The topological polar surface area (TPSA) is 15.8 Å². The Bertz CT molecular complexity index is 322. The highest BCUT2D eigenvalue weighted by Crippen LogP contribution is 2.12. The third-order valence-corrected chi connectivity index (χ3v) is 2.04. The molecule has 1 nitrogen and oxygen atoms in total. The normalized spacial score (nSPS) is 11.6. The van der Waals surface area contributed by atoms with Crippen molar-refractivity contribution in [1.82, 2.24) is 4.98 Å². The molecule has 11 heavy (non-hydrogen) atoms. The van der Waals surface area contributed by atoms with Crippen molar-refractivity contribution in [3.8, 4) is 0 Å². The molecule has 0 amide bonds. The smallest absolute Gasteiger partial charge is 0.0481 e. The number of hydrogen-bond donors (Lipinski definition) is 1. The van der Waals surface area contributed by atoms with Crippen molar-refractivity contribution >= 4 is 17.8 Å². The summed E-state index contributed by atoms with van der Waals surface area (Å²) in [5.41, 5.74) is 2.33. The number of rotatable bonds is 1. The summed E-state index contributed by atoms with van der Waals surface area (Å²) >= 11 is 5.13. The van der Waals surface area contributed by atoms with Gasteiger partial charge in [-0.1, -0.05) is 18.3 Å². The Kier molecular flexibility index (Phi) is 2.60. The lowest BCUT2D eigenvalue weighted by Crippen LogP contribution is -1.81. The Hall–Kier alpha value is -0.890. The van der Waals surface area contributed by atoms with Crippen LogP contribution in [0.2, 0.25) is 0 Å². The minimum atomic E-state index is 0.902. The number of aromatic amines is 1. The number of nitrogens with one attached hydrogen (secondary N) is 1. The first-order valence-electron chi connectivity index (χ1n) is 3.56. The van der Waals surface area contributed by atoms with Gasteiger partial charge in [-0.15, -0.1) is 0 Å². The van der Waals surface area contributed by atoms with Crippen LogP contribution in [-0.4, -0.2) is 4.98 Å². The van der Waals surface area contributed by atoms with Gasteiger partial charge in [0.2, 0.25) is 0 Å². The molecule has 0 bridgehead atoms. The predicted molar refractivity (Wildman–Crippen MR) is 51.0 cm³/mol. The Morgan fingerprint density at radius 3 is 2.91 bits per heavy atom. The van der Waals surface area contributed by atoms with Gasteiger partial charge in [0.05, 0.1) is 0 Å². The molecule has 0 atom stereocenters. The predicted octanol–water partition coefficient (Wildman–Crippen LogP) is 3.17. The van der Waals surface area contributed by atoms with Crippen molar-refractivity contribution in [2.45, 2.75) is 13.8 Å². The fourth-order valence-corrected chi connectivity index (χ4v) is 1.17. The summed E-state index contributed by atoms with van der Waals surface area (Å²) in [5, 5.41) is 0. The first-order chi connectivity index (χ1) is 5.25. The minimum absolute atomic E-state index is 0.902. The van der Waals surface area contributed by atoms with Gasteiger partial charge in [0, 0.05) is 22.5 Å². The first-order valence-corrected chi connectivity index (χ1v) is 3.97. The highest BCUT2D eigenvalue weighted by molar-refractivity contribution is 7.71. The largest absolute Gasteiger partial charge is 0.367 e. The molecule has 0 saturated heterocycles. The van der Waals surface area contributed by atoms with Crippen molar-refractivity contribution < 1.29 is 0 Å². The fraction of sp³-hybridized carbons (Fsp3) is 0.222. The molecule has 0 saturated carbocycles. The molecule has 1 N–H and O–H groups in total. The lowest BCUT2D eigenvalue weighted by molar-refractivity contribution is 1.29. The van der Waals surface area contributed by atoms with Gasteiger partial charge in [-0.25, -0.2) is 0 Å². The molecule has 0 radical (unpaired) electrons. The Labute approximate surface area is 71.8 Å². The van der Waals surface area contributed by atoms with E-state index in [0.29, 0.717) is 0 Å². The molecular formula is C9H11NS. The molecule has 0 aromatic carbocycles. The van der Waals surface area contributed by atoms with E-state index in [1.165, 1.54) is 5.57 Å². The second-order valence-corrected chi connectivity index (χ2v) is 2.83. The molecule has 58 valence electrons. The Balaban J connectivity index is 3.25. The number of pyridine rings is 1. The molecule has 0 aliphatic heterocycles. The second kappa shape index (κ2) is 3.49. The highest BCUT2D eigenvalue weighted by Gasteiger charge is 1.94. The summed E-state index contributed by atoms with van der Waals surface area (Å²) in [6, 6.07) is 1.90. The molecule has 1 aromatic heterocycles. The first kappa shape index (κ1) is 8.21. The van der Waals surface area contributed by atoms with Crippen LogP contribution in [0.15, 0.2) is 24.5 Å². The molecular weight excluding hydrogens is 154 g/mol. The lowest BCUT2D eigenvalue weighted by atomic mass is 10.1. The summed E-state index contributed by atoms with van der Waals surface area (Å²) in [6.45, 7) is 4.07.